The molecule has 0 saturated carbocycles. The second-order valence-electron chi connectivity index (χ2n) is 8.51. The summed E-state index contributed by atoms with van der Waals surface area (Å²) in [6, 6.07) is 13.2. The topological polar surface area (TPSA) is 67.9 Å². The molecule has 2 amide bonds. The molecule has 166 valence electrons. The van der Waals surface area contributed by atoms with E-state index in [0.717, 1.165) is 11.1 Å². The van der Waals surface area contributed by atoms with E-state index in [1.54, 1.807) is 19.1 Å². The number of para-hydroxylation sites is 1. The summed E-state index contributed by atoms with van der Waals surface area (Å²) in [6.07, 6.45) is 0. The molecule has 0 spiro atoms. The van der Waals surface area contributed by atoms with E-state index in [1.165, 1.54) is 0 Å². The zero-order chi connectivity index (χ0) is 22.5. The van der Waals surface area contributed by atoms with Gasteiger partial charge in [0, 0.05) is 36.7 Å². The van der Waals surface area contributed by atoms with Crippen LogP contribution in [-0.4, -0.2) is 50.6 Å². The molecule has 0 radical (unpaired) electrons. The van der Waals surface area contributed by atoms with Crippen molar-refractivity contribution in [1.29, 1.82) is 0 Å². The summed E-state index contributed by atoms with van der Waals surface area (Å²) in [4.78, 5) is 28.1. The number of benzene rings is 2. The lowest BCUT2D eigenvalue weighted by Crippen LogP contribution is -2.37. The highest BCUT2D eigenvalue weighted by molar-refractivity contribution is 5.95. The van der Waals surface area contributed by atoms with E-state index in [0.29, 0.717) is 42.6 Å². The monoisotopic (exact) mass is 424 g/mol. The van der Waals surface area contributed by atoms with Crippen LogP contribution in [0.3, 0.4) is 0 Å². The van der Waals surface area contributed by atoms with Gasteiger partial charge in [0.2, 0.25) is 5.91 Å². The molecule has 1 fully saturated rings. The van der Waals surface area contributed by atoms with Crippen molar-refractivity contribution in [3.05, 3.63) is 59.2 Å². The van der Waals surface area contributed by atoms with Gasteiger partial charge in [-0.25, -0.2) is 0 Å². The van der Waals surface area contributed by atoms with Crippen LogP contribution in [0.15, 0.2) is 42.5 Å². The van der Waals surface area contributed by atoms with Gasteiger partial charge in [-0.2, -0.15) is 0 Å². The van der Waals surface area contributed by atoms with E-state index in [1.807, 2.05) is 49.4 Å². The molecular formula is C25H32N2O4. The van der Waals surface area contributed by atoms with Crippen LogP contribution in [-0.2, 0) is 4.79 Å². The molecule has 1 saturated heterocycles. The molecule has 6 heteroatoms. The van der Waals surface area contributed by atoms with Crippen LogP contribution >= 0.6 is 0 Å². The van der Waals surface area contributed by atoms with Gasteiger partial charge >= 0.3 is 0 Å². The van der Waals surface area contributed by atoms with Crippen LogP contribution in [0.2, 0.25) is 0 Å². The van der Waals surface area contributed by atoms with Gasteiger partial charge in [0.25, 0.3) is 5.91 Å². The van der Waals surface area contributed by atoms with Crippen LogP contribution in [0.25, 0.3) is 0 Å². The van der Waals surface area contributed by atoms with Crippen molar-refractivity contribution in [1.82, 2.24) is 10.2 Å². The van der Waals surface area contributed by atoms with Gasteiger partial charge in [-0.05, 0) is 31.0 Å². The fourth-order valence-electron chi connectivity index (χ4n) is 4.07. The standard InChI is InChI=1S/C25H32N2O4/c1-16(2)13-26-24(28)21-15-27(25(29)18-11-9-17(3)10-12-18)14-20(21)19-7-6-8-22(30-4)23(19)31-5/h6-12,16,20-21H,13-15H2,1-5H3,(H,26,28)/t20-,21-/m1/s1. The minimum atomic E-state index is -0.367. The Hall–Kier alpha value is -3.02. The maximum atomic E-state index is 13.2. The summed E-state index contributed by atoms with van der Waals surface area (Å²) in [5, 5.41) is 3.05. The molecule has 1 N–H and O–H groups in total. The molecule has 1 aliphatic rings. The van der Waals surface area contributed by atoms with Gasteiger partial charge in [-0.3, -0.25) is 9.59 Å². The lowest BCUT2D eigenvalue weighted by molar-refractivity contribution is -0.125. The fraction of sp³-hybridized carbons (Fsp3) is 0.440. The fourth-order valence-corrected chi connectivity index (χ4v) is 4.07. The molecule has 6 nitrogen and oxygen atoms in total. The van der Waals surface area contributed by atoms with Crippen LogP contribution in [0.5, 0.6) is 11.5 Å². The number of methoxy groups -OCH3 is 2. The smallest absolute Gasteiger partial charge is 0.253 e. The predicted molar refractivity (Wildman–Crippen MR) is 121 cm³/mol. The summed E-state index contributed by atoms with van der Waals surface area (Å²) in [6.45, 7) is 7.51. The molecule has 0 bridgehead atoms. The number of nitrogens with one attached hydrogen (secondary N) is 1. The number of nitrogens with zero attached hydrogens (tertiary/aromatic N) is 1. The van der Waals surface area contributed by atoms with E-state index in [9.17, 15) is 9.59 Å². The number of amides is 2. The Bertz CT molecular complexity index is 924. The lowest BCUT2D eigenvalue weighted by Gasteiger charge is -2.22. The van der Waals surface area contributed by atoms with Gasteiger partial charge in [0.05, 0.1) is 20.1 Å². The molecule has 1 heterocycles. The van der Waals surface area contributed by atoms with Crippen molar-refractivity contribution in [3.8, 4) is 11.5 Å². The van der Waals surface area contributed by atoms with E-state index in [-0.39, 0.29) is 23.7 Å². The zero-order valence-electron chi connectivity index (χ0n) is 19.0. The van der Waals surface area contributed by atoms with Gasteiger partial charge in [-0.1, -0.05) is 43.7 Å². The van der Waals surface area contributed by atoms with Crippen molar-refractivity contribution in [3.63, 3.8) is 0 Å². The van der Waals surface area contributed by atoms with E-state index in [4.69, 9.17) is 9.47 Å². The first-order chi connectivity index (χ1) is 14.8. The predicted octanol–water partition coefficient (Wildman–Crippen LogP) is 3.64. The van der Waals surface area contributed by atoms with Crippen molar-refractivity contribution >= 4 is 11.8 Å². The Morgan fingerprint density at radius 2 is 1.77 bits per heavy atom. The van der Waals surface area contributed by atoms with Crippen molar-refractivity contribution in [2.45, 2.75) is 26.7 Å². The molecule has 3 rings (SSSR count). The number of rotatable bonds is 7. The van der Waals surface area contributed by atoms with Crippen LogP contribution in [0.1, 0.15) is 41.3 Å². The molecule has 2 aromatic carbocycles. The highest BCUT2D eigenvalue weighted by Gasteiger charge is 2.42. The van der Waals surface area contributed by atoms with Gasteiger partial charge < -0.3 is 19.7 Å². The number of hydrogen-bond acceptors (Lipinski definition) is 4. The van der Waals surface area contributed by atoms with E-state index in [2.05, 4.69) is 19.2 Å². The average molecular weight is 425 g/mol. The lowest BCUT2D eigenvalue weighted by atomic mass is 9.87. The van der Waals surface area contributed by atoms with Crippen molar-refractivity contribution < 1.29 is 19.1 Å². The number of carbonyl (C=O) groups is 2. The normalized spacial score (nSPS) is 18.2. The Morgan fingerprint density at radius 1 is 1.06 bits per heavy atom. The minimum Gasteiger partial charge on any atom is -0.493 e. The van der Waals surface area contributed by atoms with Crippen molar-refractivity contribution in [2.75, 3.05) is 33.9 Å². The first-order valence-electron chi connectivity index (χ1n) is 10.7. The number of aryl methyl sites for hydroxylation is 1. The van der Waals surface area contributed by atoms with Gasteiger partial charge in [-0.15, -0.1) is 0 Å². The summed E-state index contributed by atoms with van der Waals surface area (Å²) < 4.78 is 11.1. The molecule has 2 atom stereocenters. The summed E-state index contributed by atoms with van der Waals surface area (Å²) in [5.41, 5.74) is 2.61. The van der Waals surface area contributed by atoms with Gasteiger partial charge in [0.1, 0.15) is 0 Å². The largest absolute Gasteiger partial charge is 0.493 e. The molecule has 1 aliphatic heterocycles. The minimum absolute atomic E-state index is 0.0391. The third-order valence-electron chi connectivity index (χ3n) is 5.76. The van der Waals surface area contributed by atoms with Crippen LogP contribution < -0.4 is 14.8 Å². The average Bonchev–Trinajstić information content (AvgIpc) is 3.22. The number of ether oxygens (including phenoxy) is 2. The molecule has 31 heavy (non-hydrogen) atoms. The Morgan fingerprint density at radius 3 is 2.39 bits per heavy atom. The third kappa shape index (κ3) is 5.01. The summed E-state index contributed by atoms with van der Waals surface area (Å²) in [7, 11) is 3.19. The Balaban J connectivity index is 1.93. The Kier molecular flexibility index (Phi) is 7.21. The molecule has 0 aliphatic carbocycles. The Labute approximate surface area is 184 Å². The maximum absolute atomic E-state index is 13.2. The second-order valence-corrected chi connectivity index (χ2v) is 8.51. The first-order valence-corrected chi connectivity index (χ1v) is 10.7. The summed E-state index contributed by atoms with van der Waals surface area (Å²) in [5.74, 6) is 0.918. The first kappa shape index (κ1) is 22.7. The highest BCUT2D eigenvalue weighted by atomic mass is 16.5. The van der Waals surface area contributed by atoms with Gasteiger partial charge in [0.15, 0.2) is 11.5 Å². The van der Waals surface area contributed by atoms with Crippen LogP contribution in [0.4, 0.5) is 0 Å². The molecular weight excluding hydrogens is 392 g/mol. The van der Waals surface area contributed by atoms with E-state index < -0.39 is 0 Å². The third-order valence-corrected chi connectivity index (χ3v) is 5.76. The molecule has 0 unspecified atom stereocenters. The number of carbonyl (C=O) groups excluding carboxylic acids is 2. The quantitative estimate of drug-likeness (QED) is 0.737. The van der Waals surface area contributed by atoms with Crippen LogP contribution in [0, 0.1) is 18.8 Å². The number of hydrogen-bond donors (Lipinski definition) is 1. The maximum Gasteiger partial charge on any atom is 0.253 e. The SMILES string of the molecule is COc1cccc([C@H]2CN(C(=O)c3ccc(C)cc3)C[C@H]2C(=O)NCC(C)C)c1OC. The highest BCUT2D eigenvalue weighted by Crippen LogP contribution is 2.42. The number of likely N-dealkylation sites (tertiary alicyclic amines) is 1. The zero-order valence-corrected chi connectivity index (χ0v) is 19.0. The second kappa shape index (κ2) is 9.86. The molecule has 2 aromatic rings. The summed E-state index contributed by atoms with van der Waals surface area (Å²) >= 11 is 0. The van der Waals surface area contributed by atoms with Crippen molar-refractivity contribution in [2.24, 2.45) is 11.8 Å². The molecule has 0 aromatic heterocycles. The van der Waals surface area contributed by atoms with E-state index >= 15 is 0 Å².